The van der Waals surface area contributed by atoms with E-state index in [1.807, 2.05) is 0 Å². The molecule has 1 rings (SSSR count). The molecule has 0 unspecified atom stereocenters. The van der Waals surface area contributed by atoms with Crippen molar-refractivity contribution in [3.63, 3.8) is 0 Å². The number of esters is 1. The summed E-state index contributed by atoms with van der Waals surface area (Å²) in [4.78, 5) is 25.9. The van der Waals surface area contributed by atoms with Crippen molar-refractivity contribution in [2.75, 3.05) is 6.61 Å². The van der Waals surface area contributed by atoms with Gasteiger partial charge in [-0.25, -0.2) is 4.79 Å². The Morgan fingerprint density at radius 1 is 1.60 bits per heavy atom. The summed E-state index contributed by atoms with van der Waals surface area (Å²) in [6, 6.07) is 1.37. The van der Waals surface area contributed by atoms with Crippen LogP contribution in [-0.2, 0) is 4.74 Å². The maximum Gasteiger partial charge on any atom is 0.344 e. The molecule has 4 heteroatoms. The molecule has 15 heavy (non-hydrogen) atoms. The standard InChI is InChI=1S/C11H13NO3/c1-4-5-15-11(14)10-8(3)12-7(2)6-9(10)13/h4,6H,1,5H2,2-3H3,(H,12,13). The minimum atomic E-state index is -0.617. The van der Waals surface area contributed by atoms with Crippen molar-refractivity contribution in [1.82, 2.24) is 4.98 Å². The molecule has 0 atom stereocenters. The fraction of sp³-hybridized carbons (Fsp3) is 0.273. The lowest BCUT2D eigenvalue weighted by atomic mass is 10.2. The van der Waals surface area contributed by atoms with E-state index in [2.05, 4.69) is 11.6 Å². The van der Waals surface area contributed by atoms with Crippen molar-refractivity contribution >= 4 is 5.97 Å². The average molecular weight is 207 g/mol. The molecule has 0 bridgehead atoms. The molecular weight excluding hydrogens is 194 g/mol. The lowest BCUT2D eigenvalue weighted by molar-refractivity contribution is 0.0547. The van der Waals surface area contributed by atoms with Gasteiger partial charge in [0.05, 0.1) is 0 Å². The molecule has 1 aromatic rings. The smallest absolute Gasteiger partial charge is 0.344 e. The third-order valence-corrected chi connectivity index (χ3v) is 1.89. The Bertz CT molecular complexity index is 446. The number of hydrogen-bond donors (Lipinski definition) is 1. The second-order valence-corrected chi connectivity index (χ2v) is 3.20. The summed E-state index contributed by atoms with van der Waals surface area (Å²) >= 11 is 0. The molecule has 0 aromatic carbocycles. The highest BCUT2D eigenvalue weighted by Gasteiger charge is 2.14. The number of pyridine rings is 1. The third kappa shape index (κ3) is 2.56. The van der Waals surface area contributed by atoms with Crippen LogP contribution in [0.3, 0.4) is 0 Å². The van der Waals surface area contributed by atoms with E-state index in [1.54, 1.807) is 13.8 Å². The van der Waals surface area contributed by atoms with Crippen LogP contribution in [-0.4, -0.2) is 17.6 Å². The molecule has 0 amide bonds. The van der Waals surface area contributed by atoms with Gasteiger partial charge in [0.25, 0.3) is 0 Å². The van der Waals surface area contributed by atoms with E-state index in [4.69, 9.17) is 4.74 Å². The van der Waals surface area contributed by atoms with Crippen LogP contribution in [0.4, 0.5) is 0 Å². The third-order valence-electron chi connectivity index (χ3n) is 1.89. The number of hydrogen-bond acceptors (Lipinski definition) is 3. The van der Waals surface area contributed by atoms with Gasteiger partial charge >= 0.3 is 5.97 Å². The van der Waals surface area contributed by atoms with Crippen molar-refractivity contribution in [2.24, 2.45) is 0 Å². The minimum Gasteiger partial charge on any atom is -0.458 e. The van der Waals surface area contributed by atoms with Crippen LogP contribution in [0, 0.1) is 13.8 Å². The Hall–Kier alpha value is -1.84. The van der Waals surface area contributed by atoms with Crippen molar-refractivity contribution in [2.45, 2.75) is 13.8 Å². The topological polar surface area (TPSA) is 59.2 Å². The highest BCUT2D eigenvalue weighted by molar-refractivity contribution is 5.90. The summed E-state index contributed by atoms with van der Waals surface area (Å²) in [6.07, 6.45) is 1.45. The molecular formula is C11H13NO3. The Morgan fingerprint density at radius 3 is 2.80 bits per heavy atom. The van der Waals surface area contributed by atoms with Crippen LogP contribution < -0.4 is 5.43 Å². The summed E-state index contributed by atoms with van der Waals surface area (Å²) < 4.78 is 4.80. The number of rotatable bonds is 3. The molecule has 0 saturated carbocycles. The Balaban J connectivity index is 3.09. The van der Waals surface area contributed by atoms with Crippen LogP contribution in [0.15, 0.2) is 23.5 Å². The quantitative estimate of drug-likeness (QED) is 0.601. The van der Waals surface area contributed by atoms with E-state index in [0.717, 1.165) is 5.69 Å². The molecule has 0 fully saturated rings. The number of nitrogens with one attached hydrogen (secondary N) is 1. The van der Waals surface area contributed by atoms with Crippen LogP contribution in [0.2, 0.25) is 0 Å². The fourth-order valence-electron chi connectivity index (χ4n) is 1.31. The number of aromatic amines is 1. The summed E-state index contributed by atoms with van der Waals surface area (Å²) in [7, 11) is 0. The minimum absolute atomic E-state index is 0.0578. The molecule has 80 valence electrons. The molecule has 1 aromatic heterocycles. The highest BCUT2D eigenvalue weighted by Crippen LogP contribution is 2.02. The Morgan fingerprint density at radius 2 is 2.27 bits per heavy atom. The number of aromatic nitrogens is 1. The van der Waals surface area contributed by atoms with E-state index in [9.17, 15) is 9.59 Å². The van der Waals surface area contributed by atoms with Crippen molar-refractivity contribution in [3.05, 3.63) is 45.9 Å². The Labute approximate surface area is 87.6 Å². The lowest BCUT2D eigenvalue weighted by Gasteiger charge is -2.05. The average Bonchev–Trinajstić information content (AvgIpc) is 2.12. The second-order valence-electron chi connectivity index (χ2n) is 3.20. The van der Waals surface area contributed by atoms with Crippen LogP contribution >= 0.6 is 0 Å². The molecule has 4 nitrogen and oxygen atoms in total. The molecule has 1 N–H and O–H groups in total. The maximum absolute atomic E-state index is 11.5. The van der Waals surface area contributed by atoms with Gasteiger partial charge in [-0.3, -0.25) is 4.79 Å². The molecule has 0 aliphatic heterocycles. The Kier molecular flexibility index (Phi) is 3.44. The van der Waals surface area contributed by atoms with E-state index < -0.39 is 5.97 Å². The zero-order valence-electron chi connectivity index (χ0n) is 8.79. The lowest BCUT2D eigenvalue weighted by Crippen LogP contribution is -2.20. The van der Waals surface area contributed by atoms with Crippen LogP contribution in [0.1, 0.15) is 21.7 Å². The van der Waals surface area contributed by atoms with Gasteiger partial charge in [0, 0.05) is 17.5 Å². The molecule has 0 aliphatic carbocycles. The van der Waals surface area contributed by atoms with Gasteiger partial charge in [0.2, 0.25) is 0 Å². The highest BCUT2D eigenvalue weighted by atomic mass is 16.5. The monoisotopic (exact) mass is 207 g/mol. The van der Waals surface area contributed by atoms with E-state index in [1.165, 1.54) is 12.1 Å². The largest absolute Gasteiger partial charge is 0.458 e. The predicted molar refractivity (Wildman–Crippen MR) is 57.0 cm³/mol. The number of carbonyl (C=O) groups excluding carboxylic acids is 1. The number of ether oxygens (including phenoxy) is 1. The molecule has 0 spiro atoms. The summed E-state index contributed by atoms with van der Waals surface area (Å²) in [5.41, 5.74) is 0.979. The first kappa shape index (κ1) is 11.2. The maximum atomic E-state index is 11.5. The van der Waals surface area contributed by atoms with E-state index in [0.29, 0.717) is 5.69 Å². The zero-order chi connectivity index (χ0) is 11.4. The van der Waals surface area contributed by atoms with Crippen molar-refractivity contribution in [1.29, 1.82) is 0 Å². The molecule has 1 heterocycles. The van der Waals surface area contributed by atoms with Gasteiger partial charge in [0.1, 0.15) is 12.2 Å². The second kappa shape index (κ2) is 4.59. The van der Waals surface area contributed by atoms with Crippen molar-refractivity contribution in [3.8, 4) is 0 Å². The summed E-state index contributed by atoms with van der Waals surface area (Å²) in [5, 5.41) is 0. The van der Waals surface area contributed by atoms with Gasteiger partial charge in [0.15, 0.2) is 5.43 Å². The number of H-pyrrole nitrogens is 1. The number of aryl methyl sites for hydroxylation is 2. The SMILES string of the molecule is C=CCOC(=O)c1c(C)[nH]c(C)cc1=O. The van der Waals surface area contributed by atoms with Crippen molar-refractivity contribution < 1.29 is 9.53 Å². The van der Waals surface area contributed by atoms with Gasteiger partial charge in [-0.1, -0.05) is 12.7 Å². The normalized spacial score (nSPS) is 9.73. The predicted octanol–water partition coefficient (Wildman–Crippen LogP) is 1.33. The van der Waals surface area contributed by atoms with Gasteiger partial charge in [-0.2, -0.15) is 0 Å². The van der Waals surface area contributed by atoms with Crippen LogP contribution in [0.25, 0.3) is 0 Å². The molecule has 0 aliphatic rings. The molecule has 0 saturated heterocycles. The van der Waals surface area contributed by atoms with E-state index >= 15 is 0 Å². The number of carbonyl (C=O) groups is 1. The fourth-order valence-corrected chi connectivity index (χ4v) is 1.31. The molecule has 0 radical (unpaired) electrons. The van der Waals surface area contributed by atoms with Gasteiger partial charge in [-0.05, 0) is 13.8 Å². The first-order chi connectivity index (χ1) is 7.06. The zero-order valence-corrected chi connectivity index (χ0v) is 8.79. The first-order valence-electron chi connectivity index (χ1n) is 4.54. The van der Waals surface area contributed by atoms with E-state index in [-0.39, 0.29) is 17.6 Å². The van der Waals surface area contributed by atoms with Gasteiger partial charge in [-0.15, -0.1) is 0 Å². The summed E-state index contributed by atoms with van der Waals surface area (Å²) in [5.74, 6) is -0.617. The summed E-state index contributed by atoms with van der Waals surface area (Å²) in [6.45, 7) is 6.95. The van der Waals surface area contributed by atoms with Crippen LogP contribution in [0.5, 0.6) is 0 Å². The van der Waals surface area contributed by atoms with Gasteiger partial charge < -0.3 is 9.72 Å². The first-order valence-corrected chi connectivity index (χ1v) is 4.54.